The van der Waals surface area contributed by atoms with Gasteiger partial charge in [0.05, 0.1) is 18.3 Å². The number of aliphatic hydroxyl groups excluding tert-OH is 1. The molecule has 0 aliphatic carbocycles. The van der Waals surface area contributed by atoms with E-state index in [9.17, 15) is 18.3 Å². The van der Waals surface area contributed by atoms with Gasteiger partial charge in [0.25, 0.3) is 0 Å². The summed E-state index contributed by atoms with van der Waals surface area (Å²) in [5.41, 5.74) is 0.815. The lowest BCUT2D eigenvalue weighted by atomic mass is 10.1. The van der Waals surface area contributed by atoms with Crippen molar-refractivity contribution in [2.75, 3.05) is 6.61 Å². The number of nitrogens with one attached hydrogen (secondary N) is 1. The van der Waals surface area contributed by atoms with Crippen molar-refractivity contribution in [3.63, 3.8) is 0 Å². The number of hydrogen-bond acceptors (Lipinski definition) is 3. The molecule has 1 aromatic carbocycles. The van der Waals surface area contributed by atoms with E-state index in [0.29, 0.717) is 10.3 Å². The minimum absolute atomic E-state index is 0.129. The first-order chi connectivity index (χ1) is 10.0. The van der Waals surface area contributed by atoms with Crippen molar-refractivity contribution >= 4 is 15.9 Å². The topological polar surface area (TPSA) is 45.1 Å². The van der Waals surface area contributed by atoms with Crippen LogP contribution < -0.4 is 5.32 Å². The van der Waals surface area contributed by atoms with Crippen LogP contribution in [0, 0.1) is 17.5 Å². The summed E-state index contributed by atoms with van der Waals surface area (Å²) in [6.07, 6.45) is 0. The van der Waals surface area contributed by atoms with Crippen LogP contribution in [-0.4, -0.2) is 16.7 Å². The summed E-state index contributed by atoms with van der Waals surface area (Å²) in [6.45, 7) is -0.107. The number of pyridine rings is 1. The molecule has 0 spiro atoms. The number of hydrogen-bond donors (Lipinski definition) is 2. The summed E-state index contributed by atoms with van der Waals surface area (Å²) in [5.74, 6) is -4.10. The molecule has 1 heterocycles. The highest BCUT2D eigenvalue weighted by atomic mass is 79.9. The highest BCUT2D eigenvalue weighted by molar-refractivity contribution is 9.10. The van der Waals surface area contributed by atoms with Gasteiger partial charge in [-0.2, -0.15) is 0 Å². The lowest BCUT2D eigenvalue weighted by Gasteiger charge is -2.17. The van der Waals surface area contributed by atoms with Gasteiger partial charge in [0.2, 0.25) is 0 Å². The van der Waals surface area contributed by atoms with E-state index in [0.717, 1.165) is 12.1 Å². The minimum Gasteiger partial charge on any atom is -0.394 e. The summed E-state index contributed by atoms with van der Waals surface area (Å²) in [5, 5.41) is 12.2. The molecule has 0 fully saturated rings. The van der Waals surface area contributed by atoms with Gasteiger partial charge in [-0.1, -0.05) is 6.07 Å². The molecule has 0 saturated carbocycles. The van der Waals surface area contributed by atoms with E-state index in [2.05, 4.69) is 26.2 Å². The van der Waals surface area contributed by atoms with Gasteiger partial charge in [0.15, 0.2) is 17.5 Å². The van der Waals surface area contributed by atoms with Crippen LogP contribution in [0.3, 0.4) is 0 Å². The second-order valence-corrected chi connectivity index (χ2v) is 5.18. The molecule has 7 heteroatoms. The van der Waals surface area contributed by atoms with Crippen LogP contribution in [0.4, 0.5) is 13.2 Å². The Labute approximate surface area is 128 Å². The van der Waals surface area contributed by atoms with Gasteiger partial charge in [0, 0.05) is 6.54 Å². The fourth-order valence-electron chi connectivity index (χ4n) is 1.84. The summed E-state index contributed by atoms with van der Waals surface area (Å²) < 4.78 is 40.0. The van der Waals surface area contributed by atoms with Crippen LogP contribution in [0.1, 0.15) is 17.3 Å². The van der Waals surface area contributed by atoms with Crippen molar-refractivity contribution in [1.82, 2.24) is 10.3 Å². The van der Waals surface area contributed by atoms with Crippen LogP contribution in [0.25, 0.3) is 0 Å². The van der Waals surface area contributed by atoms with Gasteiger partial charge in [-0.05, 0) is 45.8 Å². The number of rotatable bonds is 5. The van der Waals surface area contributed by atoms with Gasteiger partial charge in [-0.3, -0.25) is 0 Å². The fourth-order valence-corrected chi connectivity index (χ4v) is 2.22. The Hall–Kier alpha value is -1.44. The highest BCUT2D eigenvalue weighted by Crippen LogP contribution is 2.19. The third kappa shape index (κ3) is 4.03. The molecule has 1 aromatic heterocycles. The highest BCUT2D eigenvalue weighted by Gasteiger charge is 2.16. The molecule has 0 aliphatic heterocycles. The molecule has 0 radical (unpaired) electrons. The van der Waals surface area contributed by atoms with E-state index < -0.39 is 30.1 Å². The number of nitrogens with zero attached hydrogens (tertiary/aromatic N) is 1. The van der Waals surface area contributed by atoms with E-state index in [-0.39, 0.29) is 12.1 Å². The smallest absolute Gasteiger partial charge is 0.194 e. The van der Waals surface area contributed by atoms with Crippen LogP contribution >= 0.6 is 15.9 Å². The molecule has 2 N–H and O–H groups in total. The second kappa shape index (κ2) is 7.02. The number of halogens is 4. The zero-order chi connectivity index (χ0) is 15.4. The normalized spacial score (nSPS) is 12.4. The Morgan fingerprint density at radius 3 is 2.43 bits per heavy atom. The maximum absolute atomic E-state index is 13.2. The third-order valence-electron chi connectivity index (χ3n) is 2.89. The number of aromatic nitrogens is 1. The second-order valence-electron chi connectivity index (χ2n) is 4.37. The molecule has 0 unspecified atom stereocenters. The van der Waals surface area contributed by atoms with Gasteiger partial charge in [-0.15, -0.1) is 0 Å². The summed E-state index contributed by atoms with van der Waals surface area (Å²) in [7, 11) is 0. The van der Waals surface area contributed by atoms with E-state index in [1.54, 1.807) is 18.2 Å². The van der Waals surface area contributed by atoms with Crippen LogP contribution in [0.2, 0.25) is 0 Å². The Morgan fingerprint density at radius 1 is 1.19 bits per heavy atom. The van der Waals surface area contributed by atoms with Crippen LogP contribution in [0.5, 0.6) is 0 Å². The molecule has 21 heavy (non-hydrogen) atoms. The number of benzene rings is 1. The first-order valence-electron chi connectivity index (χ1n) is 6.11. The van der Waals surface area contributed by atoms with Crippen LogP contribution in [0.15, 0.2) is 34.9 Å². The predicted octanol–water partition coefficient (Wildman–Crippen LogP) is 3.08. The van der Waals surface area contributed by atoms with E-state index in [1.807, 2.05) is 0 Å². The summed E-state index contributed by atoms with van der Waals surface area (Å²) >= 11 is 3.23. The molecule has 0 amide bonds. The zero-order valence-corrected chi connectivity index (χ0v) is 12.4. The van der Waals surface area contributed by atoms with Crippen molar-refractivity contribution in [3.8, 4) is 0 Å². The lowest BCUT2D eigenvalue weighted by Crippen LogP contribution is -2.25. The molecule has 0 bridgehead atoms. The van der Waals surface area contributed by atoms with Crippen molar-refractivity contribution in [1.29, 1.82) is 0 Å². The van der Waals surface area contributed by atoms with Crippen molar-refractivity contribution < 1.29 is 18.3 Å². The monoisotopic (exact) mass is 360 g/mol. The van der Waals surface area contributed by atoms with Crippen LogP contribution in [-0.2, 0) is 6.54 Å². The molecule has 1 atom stereocenters. The van der Waals surface area contributed by atoms with Gasteiger partial charge >= 0.3 is 0 Å². The molecule has 2 aromatic rings. The standard InChI is InChI=1S/C14H12BrF3N2O/c15-13-3-1-2-9(20-13)6-19-12(7-21)8-4-10(16)14(18)11(17)5-8/h1-5,12,19,21H,6-7H2/t12-/m0/s1. The lowest BCUT2D eigenvalue weighted by molar-refractivity contribution is 0.242. The van der Waals surface area contributed by atoms with Crippen molar-refractivity contribution in [3.05, 3.63) is 63.6 Å². The van der Waals surface area contributed by atoms with E-state index in [4.69, 9.17) is 0 Å². The molecule has 0 aliphatic rings. The minimum atomic E-state index is -1.52. The number of aliphatic hydroxyl groups is 1. The first kappa shape index (κ1) is 15.9. The molecule has 112 valence electrons. The van der Waals surface area contributed by atoms with E-state index in [1.165, 1.54) is 0 Å². The summed E-state index contributed by atoms with van der Waals surface area (Å²) in [6, 6.07) is 6.31. The Balaban J connectivity index is 2.13. The largest absolute Gasteiger partial charge is 0.394 e. The fraction of sp³-hybridized carbons (Fsp3) is 0.214. The quantitative estimate of drug-likeness (QED) is 0.636. The molecule has 2 rings (SSSR count). The van der Waals surface area contributed by atoms with E-state index >= 15 is 0 Å². The Morgan fingerprint density at radius 2 is 1.86 bits per heavy atom. The SMILES string of the molecule is OC[C@H](NCc1cccc(Br)n1)c1cc(F)c(F)c(F)c1. The van der Waals surface area contributed by atoms with Gasteiger partial charge in [0.1, 0.15) is 4.60 Å². The Bertz CT molecular complexity index is 616. The predicted molar refractivity (Wildman–Crippen MR) is 74.9 cm³/mol. The third-order valence-corrected chi connectivity index (χ3v) is 3.34. The maximum atomic E-state index is 13.2. The molecular formula is C14H12BrF3N2O. The molecular weight excluding hydrogens is 349 g/mol. The summed E-state index contributed by atoms with van der Waals surface area (Å²) in [4.78, 5) is 4.19. The van der Waals surface area contributed by atoms with Crippen molar-refractivity contribution in [2.24, 2.45) is 0 Å². The van der Waals surface area contributed by atoms with Crippen molar-refractivity contribution in [2.45, 2.75) is 12.6 Å². The zero-order valence-electron chi connectivity index (χ0n) is 10.8. The average Bonchev–Trinajstić information content (AvgIpc) is 2.45. The van der Waals surface area contributed by atoms with Gasteiger partial charge in [-0.25, -0.2) is 18.2 Å². The Kier molecular flexibility index (Phi) is 5.33. The maximum Gasteiger partial charge on any atom is 0.194 e. The average molecular weight is 361 g/mol. The molecule has 0 saturated heterocycles. The molecule has 3 nitrogen and oxygen atoms in total. The first-order valence-corrected chi connectivity index (χ1v) is 6.90. The van der Waals surface area contributed by atoms with Gasteiger partial charge < -0.3 is 10.4 Å².